The summed E-state index contributed by atoms with van der Waals surface area (Å²) in [7, 11) is -3.58. The highest BCUT2D eigenvalue weighted by Crippen LogP contribution is 2.16. The van der Waals surface area contributed by atoms with Crippen LogP contribution in [0.15, 0.2) is 51.8 Å². The summed E-state index contributed by atoms with van der Waals surface area (Å²) >= 11 is 8.88. The van der Waals surface area contributed by atoms with E-state index in [1.54, 1.807) is 11.8 Å². The summed E-state index contributed by atoms with van der Waals surface area (Å²) in [4.78, 5) is 0.157. The SMILES string of the molecule is NC(=CS(=O)(=O)c1ccc(Cl)cc1)NCCSCc1ccsn1. The molecule has 0 saturated carbocycles. The fourth-order valence-electron chi connectivity index (χ4n) is 1.66. The molecule has 0 aliphatic heterocycles. The molecule has 1 heterocycles. The van der Waals surface area contributed by atoms with Gasteiger partial charge in [0.1, 0.15) is 5.82 Å². The van der Waals surface area contributed by atoms with Crippen LogP contribution in [0.25, 0.3) is 0 Å². The molecule has 1 aromatic carbocycles. The van der Waals surface area contributed by atoms with Gasteiger partial charge < -0.3 is 11.1 Å². The van der Waals surface area contributed by atoms with Crippen LogP contribution in [-0.4, -0.2) is 25.1 Å². The van der Waals surface area contributed by atoms with E-state index < -0.39 is 9.84 Å². The van der Waals surface area contributed by atoms with Crippen molar-refractivity contribution >= 4 is 44.7 Å². The van der Waals surface area contributed by atoms with E-state index >= 15 is 0 Å². The molecule has 0 spiro atoms. The lowest BCUT2D eigenvalue weighted by Gasteiger charge is -2.06. The first kappa shape index (κ1) is 18.1. The Labute approximate surface area is 149 Å². The number of nitrogens with zero attached hydrogens (tertiary/aromatic N) is 1. The van der Waals surface area contributed by atoms with Crippen LogP contribution in [0.4, 0.5) is 0 Å². The van der Waals surface area contributed by atoms with Gasteiger partial charge in [0, 0.05) is 28.5 Å². The first-order valence-electron chi connectivity index (χ1n) is 6.66. The topological polar surface area (TPSA) is 85.1 Å². The minimum absolute atomic E-state index is 0.120. The van der Waals surface area contributed by atoms with Crippen LogP contribution in [0.5, 0.6) is 0 Å². The second kappa shape index (κ2) is 8.58. The van der Waals surface area contributed by atoms with Gasteiger partial charge in [0.2, 0.25) is 9.84 Å². The Kier molecular flexibility index (Phi) is 6.76. The first-order chi connectivity index (χ1) is 11.0. The van der Waals surface area contributed by atoms with Crippen molar-refractivity contribution in [1.29, 1.82) is 0 Å². The fourth-order valence-corrected chi connectivity index (χ4v) is 4.23. The van der Waals surface area contributed by atoms with E-state index in [0.717, 1.165) is 22.6 Å². The lowest BCUT2D eigenvalue weighted by molar-refractivity contribution is 0.604. The minimum Gasteiger partial charge on any atom is -0.385 e. The maximum atomic E-state index is 12.1. The van der Waals surface area contributed by atoms with Crippen LogP contribution in [-0.2, 0) is 15.6 Å². The predicted octanol–water partition coefficient (Wildman–Crippen LogP) is 2.85. The molecule has 0 fully saturated rings. The average Bonchev–Trinajstić information content (AvgIpc) is 3.00. The molecule has 0 amide bonds. The van der Waals surface area contributed by atoms with E-state index in [9.17, 15) is 8.42 Å². The van der Waals surface area contributed by atoms with Gasteiger partial charge in [-0.15, -0.1) is 0 Å². The van der Waals surface area contributed by atoms with E-state index in [2.05, 4.69) is 9.69 Å². The van der Waals surface area contributed by atoms with E-state index in [1.165, 1.54) is 35.8 Å². The first-order valence-corrected chi connectivity index (χ1v) is 10.6. The third-order valence-electron chi connectivity index (χ3n) is 2.74. The van der Waals surface area contributed by atoms with Gasteiger partial charge in [0.05, 0.1) is 16.0 Å². The van der Waals surface area contributed by atoms with E-state index in [-0.39, 0.29) is 10.7 Å². The van der Waals surface area contributed by atoms with Gasteiger partial charge >= 0.3 is 0 Å². The van der Waals surface area contributed by atoms with Crippen molar-refractivity contribution in [3.05, 3.63) is 57.7 Å². The lowest BCUT2D eigenvalue weighted by Crippen LogP contribution is -2.23. The van der Waals surface area contributed by atoms with Crippen LogP contribution >= 0.6 is 34.9 Å². The Morgan fingerprint density at radius 2 is 2.09 bits per heavy atom. The Morgan fingerprint density at radius 1 is 1.35 bits per heavy atom. The van der Waals surface area contributed by atoms with Gasteiger partial charge in [-0.1, -0.05) is 11.6 Å². The number of halogens is 1. The molecule has 2 rings (SSSR count). The molecule has 124 valence electrons. The average molecular weight is 390 g/mol. The van der Waals surface area contributed by atoms with Crippen molar-refractivity contribution in [2.45, 2.75) is 10.6 Å². The number of rotatable bonds is 8. The number of nitrogens with two attached hydrogens (primary N) is 1. The van der Waals surface area contributed by atoms with Gasteiger partial charge in [-0.3, -0.25) is 0 Å². The molecule has 1 aromatic heterocycles. The van der Waals surface area contributed by atoms with Crippen LogP contribution < -0.4 is 11.1 Å². The number of nitrogens with one attached hydrogen (secondary N) is 1. The van der Waals surface area contributed by atoms with Crippen LogP contribution in [0.3, 0.4) is 0 Å². The number of benzene rings is 1. The third-order valence-corrected chi connectivity index (χ3v) is 6.08. The van der Waals surface area contributed by atoms with Crippen molar-refractivity contribution < 1.29 is 8.42 Å². The second-order valence-corrected chi connectivity index (χ2v) is 8.55. The maximum absolute atomic E-state index is 12.1. The standard InChI is InChI=1S/C14H16ClN3O2S3/c15-11-1-3-13(4-2-11)23(19,20)10-14(16)17-6-8-21-9-12-5-7-22-18-12/h1-5,7,10,17H,6,8-9,16H2. The summed E-state index contributed by atoms with van der Waals surface area (Å²) in [6.07, 6.45) is 0. The summed E-state index contributed by atoms with van der Waals surface area (Å²) in [5.41, 5.74) is 6.78. The monoisotopic (exact) mass is 389 g/mol. The minimum atomic E-state index is -3.58. The molecule has 0 unspecified atom stereocenters. The Hall–Kier alpha value is -1.22. The molecule has 3 N–H and O–H groups in total. The number of aromatic nitrogens is 1. The molecule has 0 aliphatic rings. The molecule has 0 aliphatic carbocycles. The number of hydrogen-bond donors (Lipinski definition) is 2. The van der Waals surface area contributed by atoms with Crippen molar-refractivity contribution in [2.75, 3.05) is 12.3 Å². The summed E-state index contributed by atoms with van der Waals surface area (Å²) < 4.78 is 28.5. The Balaban J connectivity index is 1.80. The highest BCUT2D eigenvalue weighted by atomic mass is 35.5. The Bertz CT molecular complexity index is 744. The number of hydrogen-bond acceptors (Lipinski definition) is 7. The van der Waals surface area contributed by atoms with E-state index in [0.29, 0.717) is 11.6 Å². The molecule has 0 saturated heterocycles. The fraction of sp³-hybridized carbons (Fsp3) is 0.214. The van der Waals surface area contributed by atoms with Gasteiger partial charge in [-0.05, 0) is 41.9 Å². The van der Waals surface area contributed by atoms with Gasteiger partial charge in [0.25, 0.3) is 0 Å². The molecule has 23 heavy (non-hydrogen) atoms. The molecule has 9 heteroatoms. The smallest absolute Gasteiger partial charge is 0.203 e. The zero-order chi connectivity index (χ0) is 16.7. The molecular formula is C14H16ClN3O2S3. The van der Waals surface area contributed by atoms with Crippen LogP contribution in [0.1, 0.15) is 5.69 Å². The van der Waals surface area contributed by atoms with Crippen molar-refractivity contribution in [1.82, 2.24) is 9.69 Å². The number of sulfone groups is 1. The zero-order valence-corrected chi connectivity index (χ0v) is 15.3. The predicted molar refractivity (Wildman–Crippen MR) is 97.2 cm³/mol. The van der Waals surface area contributed by atoms with Crippen LogP contribution in [0, 0.1) is 0 Å². The summed E-state index contributed by atoms with van der Waals surface area (Å²) in [5.74, 6) is 1.75. The third kappa shape index (κ3) is 6.06. The highest BCUT2D eigenvalue weighted by Gasteiger charge is 2.11. The summed E-state index contributed by atoms with van der Waals surface area (Å²) in [5, 5.41) is 6.35. The molecule has 2 aromatic rings. The van der Waals surface area contributed by atoms with Gasteiger partial charge in [-0.25, -0.2) is 8.42 Å². The van der Waals surface area contributed by atoms with Gasteiger partial charge in [-0.2, -0.15) is 16.1 Å². The summed E-state index contributed by atoms with van der Waals surface area (Å²) in [6, 6.07) is 7.94. The lowest BCUT2D eigenvalue weighted by atomic mass is 10.4. The van der Waals surface area contributed by atoms with E-state index in [1.807, 2.05) is 11.4 Å². The van der Waals surface area contributed by atoms with Crippen molar-refractivity contribution in [3.63, 3.8) is 0 Å². The molecule has 5 nitrogen and oxygen atoms in total. The molecular weight excluding hydrogens is 374 g/mol. The van der Waals surface area contributed by atoms with Crippen LogP contribution in [0.2, 0.25) is 5.02 Å². The number of thioether (sulfide) groups is 1. The molecule has 0 radical (unpaired) electrons. The van der Waals surface area contributed by atoms with Gasteiger partial charge in [0.15, 0.2) is 0 Å². The highest BCUT2D eigenvalue weighted by molar-refractivity contribution is 7.98. The maximum Gasteiger partial charge on any atom is 0.203 e. The molecule has 0 bridgehead atoms. The summed E-state index contributed by atoms with van der Waals surface area (Å²) in [6.45, 7) is 0.577. The van der Waals surface area contributed by atoms with Crippen molar-refractivity contribution in [3.8, 4) is 0 Å². The molecule has 0 atom stereocenters. The largest absolute Gasteiger partial charge is 0.385 e. The van der Waals surface area contributed by atoms with E-state index in [4.69, 9.17) is 17.3 Å². The van der Waals surface area contributed by atoms with Crippen molar-refractivity contribution in [2.24, 2.45) is 5.73 Å². The zero-order valence-electron chi connectivity index (χ0n) is 12.1. The Morgan fingerprint density at radius 3 is 2.74 bits per heavy atom. The quantitative estimate of drug-likeness (QED) is 0.675. The second-order valence-electron chi connectivity index (χ2n) is 4.54. The normalized spacial score (nSPS) is 12.3.